The number of rotatable bonds is 6. The number of carbonyl (C=O) groups is 1. The largest absolute Gasteiger partial charge is 0.371 e. The predicted octanol–water partition coefficient (Wildman–Crippen LogP) is 2.47. The Hall–Kier alpha value is -2.39. The van der Waals surface area contributed by atoms with Gasteiger partial charge in [0.25, 0.3) is 5.91 Å². The van der Waals surface area contributed by atoms with Crippen molar-refractivity contribution in [3.05, 3.63) is 41.7 Å². The Kier molecular flexibility index (Phi) is 6.34. The Labute approximate surface area is 184 Å². The maximum absolute atomic E-state index is 13.5. The number of hydrogen-bond acceptors (Lipinski definition) is 5. The van der Waals surface area contributed by atoms with Crippen molar-refractivity contribution in [2.75, 3.05) is 38.1 Å². The Morgan fingerprint density at radius 2 is 1.74 bits per heavy atom. The molecule has 2 aromatic rings. The number of carbonyl (C=O) groups excluding carboxylic acids is 1. The van der Waals surface area contributed by atoms with Gasteiger partial charge in [-0.3, -0.25) is 9.48 Å². The SMILES string of the molecule is CN(Cc1cnn(C)c1)C(=O)c1cc(S(=O)(=O)N2CCCCC2)ccc1N1CCCC1. The number of hydrogen-bond donors (Lipinski definition) is 0. The van der Waals surface area contributed by atoms with Crippen LogP contribution in [0, 0.1) is 0 Å². The van der Waals surface area contributed by atoms with Gasteiger partial charge in [0.1, 0.15) is 0 Å². The second-order valence-corrected chi connectivity index (χ2v) is 10.5. The highest BCUT2D eigenvalue weighted by molar-refractivity contribution is 7.89. The normalized spacial score (nSPS) is 17.8. The molecule has 0 N–H and O–H groups in total. The lowest BCUT2D eigenvalue weighted by molar-refractivity contribution is 0.0785. The zero-order valence-electron chi connectivity index (χ0n) is 18.3. The molecule has 2 aliphatic heterocycles. The van der Waals surface area contributed by atoms with E-state index in [0.717, 1.165) is 56.4 Å². The Bertz CT molecular complexity index is 1040. The number of sulfonamides is 1. The summed E-state index contributed by atoms with van der Waals surface area (Å²) in [6.07, 6.45) is 8.59. The van der Waals surface area contributed by atoms with Crippen LogP contribution in [0.2, 0.25) is 0 Å². The summed E-state index contributed by atoms with van der Waals surface area (Å²) < 4.78 is 29.7. The molecule has 4 rings (SSSR count). The van der Waals surface area contributed by atoms with Crippen molar-refractivity contribution in [3.63, 3.8) is 0 Å². The van der Waals surface area contributed by atoms with Gasteiger partial charge in [-0.05, 0) is 43.9 Å². The summed E-state index contributed by atoms with van der Waals surface area (Å²) >= 11 is 0. The molecule has 1 aromatic carbocycles. The molecule has 1 amide bonds. The van der Waals surface area contributed by atoms with Crippen LogP contribution in [0.15, 0.2) is 35.5 Å². The van der Waals surface area contributed by atoms with Gasteiger partial charge in [-0.1, -0.05) is 6.42 Å². The number of anilines is 1. The molecule has 2 saturated heterocycles. The van der Waals surface area contributed by atoms with Gasteiger partial charge in [0.05, 0.1) is 16.7 Å². The highest BCUT2D eigenvalue weighted by Crippen LogP contribution is 2.30. The van der Waals surface area contributed by atoms with Crippen LogP contribution in [0.4, 0.5) is 5.69 Å². The third-order valence-corrected chi connectivity index (χ3v) is 8.02. The number of benzene rings is 1. The van der Waals surface area contributed by atoms with Gasteiger partial charge in [0.2, 0.25) is 10.0 Å². The maximum Gasteiger partial charge on any atom is 0.256 e. The van der Waals surface area contributed by atoms with Crippen molar-refractivity contribution in [2.24, 2.45) is 7.05 Å². The van der Waals surface area contributed by atoms with Gasteiger partial charge < -0.3 is 9.80 Å². The molecule has 2 fully saturated rings. The second kappa shape index (κ2) is 9.00. The van der Waals surface area contributed by atoms with Gasteiger partial charge in [-0.25, -0.2) is 8.42 Å². The molecule has 0 saturated carbocycles. The third-order valence-electron chi connectivity index (χ3n) is 6.12. The van der Waals surface area contributed by atoms with Crippen LogP contribution in [0.3, 0.4) is 0 Å². The van der Waals surface area contributed by atoms with Crippen LogP contribution in [0.5, 0.6) is 0 Å². The summed E-state index contributed by atoms with van der Waals surface area (Å²) in [7, 11) is -0.0249. The molecule has 2 aliphatic rings. The van der Waals surface area contributed by atoms with E-state index in [4.69, 9.17) is 0 Å². The zero-order chi connectivity index (χ0) is 22.0. The van der Waals surface area contributed by atoms with E-state index in [1.54, 1.807) is 39.3 Å². The van der Waals surface area contributed by atoms with E-state index >= 15 is 0 Å². The van der Waals surface area contributed by atoms with Crippen molar-refractivity contribution >= 4 is 21.6 Å². The lowest BCUT2D eigenvalue weighted by Crippen LogP contribution is -2.36. The summed E-state index contributed by atoms with van der Waals surface area (Å²) in [5.41, 5.74) is 2.20. The average Bonchev–Trinajstić information content (AvgIpc) is 3.45. The Morgan fingerprint density at radius 3 is 2.39 bits per heavy atom. The Morgan fingerprint density at radius 1 is 1.06 bits per heavy atom. The molecule has 168 valence electrons. The first kappa shape index (κ1) is 21.8. The van der Waals surface area contributed by atoms with Crippen LogP contribution in [-0.4, -0.2) is 66.5 Å². The summed E-state index contributed by atoms with van der Waals surface area (Å²) in [5.74, 6) is -0.179. The Balaban J connectivity index is 1.67. The lowest BCUT2D eigenvalue weighted by Gasteiger charge is -2.28. The van der Waals surface area contributed by atoms with E-state index in [2.05, 4.69) is 10.00 Å². The van der Waals surface area contributed by atoms with E-state index in [1.165, 1.54) is 0 Å². The van der Waals surface area contributed by atoms with E-state index in [1.807, 2.05) is 19.3 Å². The van der Waals surface area contributed by atoms with Crippen molar-refractivity contribution in [2.45, 2.75) is 43.5 Å². The average molecular weight is 446 g/mol. The number of amides is 1. The van der Waals surface area contributed by atoms with Crippen LogP contribution in [0.1, 0.15) is 48.0 Å². The van der Waals surface area contributed by atoms with Gasteiger partial charge in [0.15, 0.2) is 0 Å². The second-order valence-electron chi connectivity index (χ2n) is 8.52. The van der Waals surface area contributed by atoms with Crippen LogP contribution in [-0.2, 0) is 23.6 Å². The van der Waals surface area contributed by atoms with Crippen molar-refractivity contribution in [3.8, 4) is 0 Å². The highest BCUT2D eigenvalue weighted by atomic mass is 32.2. The van der Waals surface area contributed by atoms with Crippen molar-refractivity contribution in [1.82, 2.24) is 19.0 Å². The molecule has 1 aromatic heterocycles. The molecule has 0 bridgehead atoms. The van der Waals surface area contributed by atoms with E-state index < -0.39 is 10.0 Å². The number of aryl methyl sites for hydroxylation is 1. The first-order valence-electron chi connectivity index (χ1n) is 11.0. The minimum atomic E-state index is -3.61. The maximum atomic E-state index is 13.5. The van der Waals surface area contributed by atoms with Gasteiger partial charge in [0, 0.05) is 64.3 Å². The van der Waals surface area contributed by atoms with Crippen LogP contribution in [0.25, 0.3) is 0 Å². The van der Waals surface area contributed by atoms with Gasteiger partial charge in [-0.2, -0.15) is 9.40 Å². The topological polar surface area (TPSA) is 78.8 Å². The molecule has 9 heteroatoms. The molecular weight excluding hydrogens is 414 g/mol. The van der Waals surface area contributed by atoms with Gasteiger partial charge >= 0.3 is 0 Å². The zero-order valence-corrected chi connectivity index (χ0v) is 19.1. The monoisotopic (exact) mass is 445 g/mol. The highest BCUT2D eigenvalue weighted by Gasteiger charge is 2.29. The lowest BCUT2D eigenvalue weighted by atomic mass is 10.1. The first-order chi connectivity index (χ1) is 14.9. The summed E-state index contributed by atoms with van der Waals surface area (Å²) in [6, 6.07) is 5.06. The smallest absolute Gasteiger partial charge is 0.256 e. The van der Waals surface area contributed by atoms with Crippen LogP contribution >= 0.6 is 0 Å². The number of nitrogens with zero attached hydrogens (tertiary/aromatic N) is 5. The van der Waals surface area contributed by atoms with E-state index in [-0.39, 0.29) is 10.8 Å². The minimum absolute atomic E-state index is 0.179. The van der Waals surface area contributed by atoms with E-state index in [0.29, 0.717) is 25.2 Å². The van der Waals surface area contributed by atoms with Gasteiger partial charge in [-0.15, -0.1) is 0 Å². The molecule has 0 aliphatic carbocycles. The van der Waals surface area contributed by atoms with Crippen molar-refractivity contribution < 1.29 is 13.2 Å². The van der Waals surface area contributed by atoms with Crippen molar-refractivity contribution in [1.29, 1.82) is 0 Å². The number of aromatic nitrogens is 2. The molecule has 0 unspecified atom stereocenters. The van der Waals surface area contributed by atoms with Crippen LogP contribution < -0.4 is 4.90 Å². The molecule has 3 heterocycles. The fraction of sp³-hybridized carbons (Fsp3) is 0.545. The van der Waals surface area contributed by atoms with E-state index in [9.17, 15) is 13.2 Å². The predicted molar refractivity (Wildman–Crippen MR) is 120 cm³/mol. The molecule has 8 nitrogen and oxygen atoms in total. The molecule has 0 radical (unpaired) electrons. The third kappa shape index (κ3) is 4.62. The standard InChI is InChI=1S/C22H31N5O3S/c1-24(16-18-15-23-25(2)17-18)22(28)20-14-19(8-9-21(20)26-10-6-7-11-26)31(29,30)27-12-4-3-5-13-27/h8-9,14-15,17H,3-7,10-13,16H2,1-2H3. The summed E-state index contributed by atoms with van der Waals surface area (Å²) in [5, 5.41) is 4.17. The molecule has 0 atom stereocenters. The molecular formula is C22H31N5O3S. The fourth-order valence-corrected chi connectivity index (χ4v) is 5.98. The molecule has 0 spiro atoms. The first-order valence-corrected chi connectivity index (χ1v) is 12.4. The summed E-state index contributed by atoms with van der Waals surface area (Å²) in [6.45, 7) is 3.26. The fourth-order valence-electron chi connectivity index (χ4n) is 4.44. The quantitative estimate of drug-likeness (QED) is 0.683. The summed E-state index contributed by atoms with van der Waals surface area (Å²) in [4.78, 5) is 17.5. The number of piperidine rings is 1. The minimum Gasteiger partial charge on any atom is -0.371 e. The molecule has 31 heavy (non-hydrogen) atoms.